The zero-order valence-electron chi connectivity index (χ0n) is 11.5. The van der Waals surface area contributed by atoms with Gasteiger partial charge in [0.15, 0.2) is 4.77 Å². The van der Waals surface area contributed by atoms with Crippen molar-refractivity contribution in [2.24, 2.45) is 0 Å². The molecule has 0 amide bonds. The Balaban J connectivity index is 2.09. The number of para-hydroxylation sites is 1. The van der Waals surface area contributed by atoms with Gasteiger partial charge in [-0.15, -0.1) is 11.3 Å². The fourth-order valence-corrected chi connectivity index (χ4v) is 3.46. The van der Waals surface area contributed by atoms with Crippen molar-refractivity contribution in [3.8, 4) is 5.75 Å². The number of aromatic nitrogens is 2. The Labute approximate surface area is 126 Å². The summed E-state index contributed by atoms with van der Waals surface area (Å²) in [5.41, 5.74) is 2.07. The molecule has 0 radical (unpaired) electrons. The van der Waals surface area contributed by atoms with Crippen LogP contribution in [0.4, 0.5) is 0 Å². The SMILES string of the molecule is CCOc1cccc2c1[nH]c(=S)n2Cc1ccc(C)s1. The average molecular weight is 304 g/mol. The number of H-pyrrole nitrogens is 1. The fourth-order valence-electron chi connectivity index (χ4n) is 2.31. The van der Waals surface area contributed by atoms with E-state index in [4.69, 9.17) is 17.0 Å². The second kappa shape index (κ2) is 5.42. The predicted octanol–water partition coefficient (Wildman–Crippen LogP) is 4.52. The van der Waals surface area contributed by atoms with Crippen LogP contribution in [0.2, 0.25) is 0 Å². The molecule has 1 N–H and O–H groups in total. The summed E-state index contributed by atoms with van der Waals surface area (Å²) in [5, 5.41) is 0. The number of nitrogens with one attached hydrogen (secondary N) is 1. The van der Waals surface area contributed by atoms with Crippen molar-refractivity contribution < 1.29 is 4.74 Å². The summed E-state index contributed by atoms with van der Waals surface area (Å²) in [6.07, 6.45) is 0. The molecule has 5 heteroatoms. The molecule has 0 aliphatic rings. The molecule has 0 saturated heterocycles. The lowest BCUT2D eigenvalue weighted by Gasteiger charge is -2.05. The van der Waals surface area contributed by atoms with E-state index in [2.05, 4.69) is 34.7 Å². The Morgan fingerprint density at radius 3 is 2.85 bits per heavy atom. The maximum Gasteiger partial charge on any atom is 0.178 e. The number of hydrogen-bond acceptors (Lipinski definition) is 3. The van der Waals surface area contributed by atoms with E-state index in [9.17, 15) is 0 Å². The molecule has 0 aliphatic carbocycles. The van der Waals surface area contributed by atoms with Crippen molar-refractivity contribution in [3.05, 3.63) is 44.9 Å². The maximum atomic E-state index is 5.65. The minimum Gasteiger partial charge on any atom is -0.492 e. The highest BCUT2D eigenvalue weighted by molar-refractivity contribution is 7.71. The van der Waals surface area contributed by atoms with Gasteiger partial charge in [0.1, 0.15) is 11.3 Å². The van der Waals surface area contributed by atoms with Gasteiger partial charge in [0.2, 0.25) is 0 Å². The molecule has 104 valence electrons. The molecule has 0 unspecified atom stereocenters. The topological polar surface area (TPSA) is 29.9 Å². The predicted molar refractivity (Wildman–Crippen MR) is 86.4 cm³/mol. The van der Waals surface area contributed by atoms with E-state index in [-0.39, 0.29) is 0 Å². The van der Waals surface area contributed by atoms with Crippen LogP contribution in [0.25, 0.3) is 11.0 Å². The molecule has 0 fully saturated rings. The highest BCUT2D eigenvalue weighted by Crippen LogP contribution is 2.26. The minimum atomic E-state index is 0.648. The first-order valence-corrected chi connectivity index (χ1v) is 7.81. The van der Waals surface area contributed by atoms with Gasteiger partial charge in [-0.2, -0.15) is 0 Å². The third-order valence-electron chi connectivity index (χ3n) is 3.18. The highest BCUT2D eigenvalue weighted by atomic mass is 32.1. The number of aryl methyl sites for hydroxylation is 1. The van der Waals surface area contributed by atoms with Gasteiger partial charge in [0.05, 0.1) is 18.7 Å². The largest absolute Gasteiger partial charge is 0.492 e. The van der Waals surface area contributed by atoms with Gasteiger partial charge in [-0.3, -0.25) is 0 Å². The monoisotopic (exact) mass is 304 g/mol. The van der Waals surface area contributed by atoms with Crippen LogP contribution < -0.4 is 4.74 Å². The van der Waals surface area contributed by atoms with E-state index in [1.807, 2.05) is 19.1 Å². The Bertz CT molecular complexity index is 798. The van der Waals surface area contributed by atoms with Crippen molar-refractivity contribution in [3.63, 3.8) is 0 Å². The number of aromatic amines is 1. The van der Waals surface area contributed by atoms with E-state index in [1.165, 1.54) is 9.75 Å². The lowest BCUT2D eigenvalue weighted by atomic mass is 10.3. The Morgan fingerprint density at radius 2 is 2.15 bits per heavy atom. The summed E-state index contributed by atoms with van der Waals surface area (Å²) in [5.74, 6) is 0.859. The van der Waals surface area contributed by atoms with Gasteiger partial charge < -0.3 is 14.3 Å². The quantitative estimate of drug-likeness (QED) is 0.718. The van der Waals surface area contributed by atoms with Gasteiger partial charge >= 0.3 is 0 Å². The van der Waals surface area contributed by atoms with Gasteiger partial charge in [-0.25, -0.2) is 0 Å². The molecule has 0 spiro atoms. The van der Waals surface area contributed by atoms with Crippen LogP contribution in [0.1, 0.15) is 16.7 Å². The van der Waals surface area contributed by atoms with E-state index < -0.39 is 0 Å². The Hall–Kier alpha value is -1.59. The molecule has 20 heavy (non-hydrogen) atoms. The molecular weight excluding hydrogens is 288 g/mol. The Morgan fingerprint density at radius 1 is 1.30 bits per heavy atom. The second-order valence-electron chi connectivity index (χ2n) is 4.61. The van der Waals surface area contributed by atoms with Gasteiger partial charge in [0.25, 0.3) is 0 Å². The summed E-state index contributed by atoms with van der Waals surface area (Å²) in [6, 6.07) is 10.4. The molecule has 2 heterocycles. The molecule has 0 aliphatic heterocycles. The van der Waals surface area contributed by atoms with E-state index in [0.29, 0.717) is 6.61 Å². The average Bonchev–Trinajstić information content (AvgIpc) is 2.97. The molecule has 0 atom stereocenters. The van der Waals surface area contributed by atoms with Crippen LogP contribution >= 0.6 is 23.6 Å². The number of ether oxygens (including phenoxy) is 1. The lowest BCUT2D eigenvalue weighted by molar-refractivity contribution is 0.343. The number of imidazole rings is 1. The molecule has 3 nitrogen and oxygen atoms in total. The lowest BCUT2D eigenvalue weighted by Crippen LogP contribution is -1.97. The van der Waals surface area contributed by atoms with E-state index in [1.54, 1.807) is 11.3 Å². The van der Waals surface area contributed by atoms with Gasteiger partial charge in [-0.05, 0) is 50.3 Å². The number of nitrogens with zero attached hydrogens (tertiary/aromatic N) is 1. The second-order valence-corrected chi connectivity index (χ2v) is 6.37. The van der Waals surface area contributed by atoms with E-state index >= 15 is 0 Å². The van der Waals surface area contributed by atoms with E-state index in [0.717, 1.165) is 28.1 Å². The van der Waals surface area contributed by atoms with Crippen LogP contribution in [0, 0.1) is 11.7 Å². The molecule has 0 bridgehead atoms. The maximum absolute atomic E-state index is 5.65. The zero-order chi connectivity index (χ0) is 14.1. The first kappa shape index (κ1) is 13.4. The molecule has 1 aromatic carbocycles. The number of thiophene rings is 1. The molecule has 0 saturated carbocycles. The zero-order valence-corrected chi connectivity index (χ0v) is 13.1. The molecule has 2 aromatic heterocycles. The normalized spacial score (nSPS) is 11.1. The van der Waals surface area contributed by atoms with Crippen LogP contribution in [0.15, 0.2) is 30.3 Å². The third kappa shape index (κ3) is 2.39. The number of fused-ring (bicyclic) bond motifs is 1. The third-order valence-corrected chi connectivity index (χ3v) is 4.49. The van der Waals surface area contributed by atoms with Gasteiger partial charge in [-0.1, -0.05) is 6.07 Å². The van der Waals surface area contributed by atoms with Gasteiger partial charge in [0, 0.05) is 9.75 Å². The van der Waals surface area contributed by atoms with Crippen LogP contribution in [-0.2, 0) is 6.54 Å². The number of benzene rings is 1. The van der Waals surface area contributed by atoms with Crippen molar-refractivity contribution in [2.45, 2.75) is 20.4 Å². The standard InChI is InChI=1S/C15H16N2OS2/c1-3-18-13-6-4-5-12-14(13)16-15(19)17(12)9-11-8-7-10(2)20-11/h4-8H,3,9H2,1-2H3,(H,16,19). The molecule has 3 rings (SSSR count). The van der Waals surface area contributed by atoms with Crippen molar-refractivity contribution in [1.29, 1.82) is 0 Å². The smallest absolute Gasteiger partial charge is 0.178 e. The van der Waals surface area contributed by atoms with Crippen LogP contribution in [-0.4, -0.2) is 16.2 Å². The summed E-state index contributed by atoms with van der Waals surface area (Å²) in [7, 11) is 0. The van der Waals surface area contributed by atoms with Crippen molar-refractivity contribution in [2.75, 3.05) is 6.61 Å². The Kier molecular flexibility index (Phi) is 3.63. The summed E-state index contributed by atoms with van der Waals surface area (Å²) in [6.45, 7) is 5.55. The number of rotatable bonds is 4. The van der Waals surface area contributed by atoms with Crippen LogP contribution in [0.5, 0.6) is 5.75 Å². The first-order valence-electron chi connectivity index (χ1n) is 6.58. The molecular formula is C15H16N2OS2. The fraction of sp³-hybridized carbons (Fsp3) is 0.267. The summed E-state index contributed by atoms with van der Waals surface area (Å²) < 4.78 is 8.51. The summed E-state index contributed by atoms with van der Waals surface area (Å²) >= 11 is 7.26. The number of hydrogen-bond donors (Lipinski definition) is 1. The highest BCUT2D eigenvalue weighted by Gasteiger charge is 2.10. The molecule has 3 aromatic rings. The van der Waals surface area contributed by atoms with Crippen molar-refractivity contribution >= 4 is 34.6 Å². The summed E-state index contributed by atoms with van der Waals surface area (Å²) in [4.78, 5) is 5.89. The minimum absolute atomic E-state index is 0.648. The van der Waals surface area contributed by atoms with Crippen molar-refractivity contribution in [1.82, 2.24) is 9.55 Å². The first-order chi connectivity index (χ1) is 9.69. The van der Waals surface area contributed by atoms with Crippen LogP contribution in [0.3, 0.4) is 0 Å².